The Kier molecular flexibility index (Phi) is 4.50. The lowest BCUT2D eigenvalue weighted by atomic mass is 10.5. The van der Waals surface area contributed by atoms with Crippen LogP contribution in [0.1, 0.15) is 26.6 Å². The molecule has 0 unspecified atom stereocenters. The second-order valence-corrected chi connectivity index (χ2v) is 3.56. The van der Waals surface area contributed by atoms with Gasteiger partial charge in [0.15, 0.2) is 10.8 Å². The molecule has 2 rings (SSSR count). The van der Waals surface area contributed by atoms with Gasteiger partial charge in [-0.05, 0) is 25.4 Å². The van der Waals surface area contributed by atoms with Crippen LogP contribution in [0, 0.1) is 6.92 Å². The van der Waals surface area contributed by atoms with E-state index in [0.717, 1.165) is 17.9 Å². The monoisotopic (exact) mass is 260 g/mol. The highest BCUT2D eigenvalue weighted by Crippen LogP contribution is 2.22. The second-order valence-electron chi connectivity index (χ2n) is 2.86. The van der Waals surface area contributed by atoms with Crippen LogP contribution < -0.4 is 0 Å². The summed E-state index contributed by atoms with van der Waals surface area (Å²) >= 11 is 11.6. The Morgan fingerprint density at radius 1 is 1.12 bits per heavy atom. The van der Waals surface area contributed by atoms with Crippen LogP contribution in [-0.2, 0) is 6.54 Å². The zero-order valence-electron chi connectivity index (χ0n) is 9.75. The average Bonchev–Trinajstić information content (AvgIpc) is 2.56. The van der Waals surface area contributed by atoms with Crippen molar-refractivity contribution in [2.24, 2.45) is 0 Å². The van der Waals surface area contributed by atoms with Crippen LogP contribution in [0.2, 0.25) is 10.4 Å². The fourth-order valence-electron chi connectivity index (χ4n) is 1.46. The van der Waals surface area contributed by atoms with Crippen LogP contribution in [0.15, 0.2) is 0 Å². The number of imidazole rings is 1. The van der Waals surface area contributed by atoms with Crippen LogP contribution in [-0.4, -0.2) is 19.5 Å². The Morgan fingerprint density at radius 2 is 1.75 bits per heavy atom. The summed E-state index contributed by atoms with van der Waals surface area (Å²) in [5.41, 5.74) is 1.30. The predicted octanol–water partition coefficient (Wildman–Crippen LogP) is 3.49. The Hall–Kier alpha value is -0.870. The maximum Gasteiger partial charge on any atom is 0.225 e. The summed E-state index contributed by atoms with van der Waals surface area (Å²) in [5.74, 6) is 0.862. The standard InChI is InChI=1S/C8H8Cl2N4.C2H6/c1-3-14-4(2)11-7-5(14)6(9)12-8(10)13-7;1-2/h3H2,1-2H3;1-2H3. The van der Waals surface area contributed by atoms with Gasteiger partial charge < -0.3 is 4.57 Å². The van der Waals surface area contributed by atoms with Crippen molar-refractivity contribution in [3.63, 3.8) is 0 Å². The lowest BCUT2D eigenvalue weighted by Crippen LogP contribution is -1.97. The average molecular weight is 261 g/mol. The van der Waals surface area contributed by atoms with E-state index in [2.05, 4.69) is 15.0 Å². The molecule has 4 nitrogen and oxygen atoms in total. The highest BCUT2D eigenvalue weighted by molar-refractivity contribution is 6.35. The van der Waals surface area contributed by atoms with Gasteiger partial charge >= 0.3 is 0 Å². The zero-order chi connectivity index (χ0) is 12.3. The van der Waals surface area contributed by atoms with Crippen molar-refractivity contribution < 1.29 is 0 Å². The van der Waals surface area contributed by atoms with Crippen LogP contribution in [0.5, 0.6) is 0 Å². The topological polar surface area (TPSA) is 43.6 Å². The summed E-state index contributed by atoms with van der Waals surface area (Å²) in [6.07, 6.45) is 0. The maximum absolute atomic E-state index is 5.96. The smallest absolute Gasteiger partial charge is 0.225 e. The third-order valence-electron chi connectivity index (χ3n) is 2.04. The van der Waals surface area contributed by atoms with Gasteiger partial charge in [0.2, 0.25) is 5.28 Å². The summed E-state index contributed by atoms with van der Waals surface area (Å²) in [4.78, 5) is 12.1. The lowest BCUT2D eigenvalue weighted by Gasteiger charge is -2.01. The molecule has 0 amide bonds. The van der Waals surface area contributed by atoms with Gasteiger partial charge in [0.25, 0.3) is 0 Å². The van der Waals surface area contributed by atoms with E-state index in [-0.39, 0.29) is 5.28 Å². The Bertz CT molecular complexity index is 493. The number of hydrogen-bond donors (Lipinski definition) is 0. The Balaban J connectivity index is 0.000000606. The fourth-order valence-corrected chi connectivity index (χ4v) is 1.94. The van der Waals surface area contributed by atoms with E-state index in [1.54, 1.807) is 0 Å². The molecular formula is C10H14Cl2N4. The molecule has 6 heteroatoms. The van der Waals surface area contributed by atoms with Gasteiger partial charge in [0, 0.05) is 6.54 Å². The van der Waals surface area contributed by atoms with Crippen LogP contribution in [0.3, 0.4) is 0 Å². The van der Waals surface area contributed by atoms with E-state index < -0.39 is 0 Å². The molecule has 0 saturated heterocycles. The summed E-state index contributed by atoms with van der Waals surface area (Å²) in [6.45, 7) is 8.70. The Morgan fingerprint density at radius 3 is 2.31 bits per heavy atom. The largest absolute Gasteiger partial charge is 0.325 e. The van der Waals surface area contributed by atoms with Crippen LogP contribution >= 0.6 is 23.2 Å². The molecule has 2 heterocycles. The molecule has 0 bridgehead atoms. The quantitative estimate of drug-likeness (QED) is 0.583. The van der Waals surface area contributed by atoms with E-state index >= 15 is 0 Å². The van der Waals surface area contributed by atoms with Gasteiger partial charge in [0.1, 0.15) is 11.3 Å². The third-order valence-corrected chi connectivity index (χ3v) is 2.47. The number of hydrogen-bond acceptors (Lipinski definition) is 3. The number of aromatic nitrogens is 4. The minimum atomic E-state index is 0.128. The van der Waals surface area contributed by atoms with Crippen molar-refractivity contribution >= 4 is 34.4 Å². The first-order valence-electron chi connectivity index (χ1n) is 5.19. The first-order chi connectivity index (χ1) is 7.63. The maximum atomic E-state index is 5.96. The molecule has 0 aliphatic rings. The van der Waals surface area contributed by atoms with Crippen molar-refractivity contribution in [3.8, 4) is 0 Å². The molecule has 0 aromatic carbocycles. The fraction of sp³-hybridized carbons (Fsp3) is 0.500. The van der Waals surface area contributed by atoms with E-state index in [9.17, 15) is 0 Å². The highest BCUT2D eigenvalue weighted by Gasteiger charge is 2.12. The van der Waals surface area contributed by atoms with Crippen molar-refractivity contribution in [1.82, 2.24) is 19.5 Å². The highest BCUT2D eigenvalue weighted by atomic mass is 35.5. The van der Waals surface area contributed by atoms with Gasteiger partial charge in [-0.1, -0.05) is 25.4 Å². The van der Waals surface area contributed by atoms with E-state index in [1.807, 2.05) is 32.3 Å². The molecule has 0 radical (unpaired) electrons. The van der Waals surface area contributed by atoms with E-state index in [1.165, 1.54) is 0 Å². The van der Waals surface area contributed by atoms with Crippen LogP contribution in [0.4, 0.5) is 0 Å². The molecule has 0 aliphatic carbocycles. The molecule has 0 atom stereocenters. The lowest BCUT2D eigenvalue weighted by molar-refractivity contribution is 0.752. The molecule has 16 heavy (non-hydrogen) atoms. The zero-order valence-corrected chi connectivity index (χ0v) is 11.3. The molecule has 0 aliphatic heterocycles. The third kappa shape index (κ3) is 2.28. The molecule has 2 aromatic rings. The first kappa shape index (κ1) is 13.2. The van der Waals surface area contributed by atoms with Gasteiger partial charge in [-0.3, -0.25) is 0 Å². The number of halogens is 2. The van der Waals surface area contributed by atoms with Gasteiger partial charge in [0.05, 0.1) is 0 Å². The summed E-state index contributed by atoms with van der Waals surface area (Å²) < 4.78 is 1.95. The van der Waals surface area contributed by atoms with Crippen molar-refractivity contribution in [2.75, 3.05) is 0 Å². The number of rotatable bonds is 1. The SMILES string of the molecule is CC.CCn1c(C)nc2nc(Cl)nc(Cl)c21. The summed E-state index contributed by atoms with van der Waals surface area (Å²) in [7, 11) is 0. The summed E-state index contributed by atoms with van der Waals surface area (Å²) in [5, 5.41) is 0.478. The van der Waals surface area contributed by atoms with Gasteiger partial charge in [-0.25, -0.2) is 9.97 Å². The summed E-state index contributed by atoms with van der Waals surface area (Å²) in [6, 6.07) is 0. The minimum absolute atomic E-state index is 0.128. The molecule has 0 N–H and O–H groups in total. The Labute approximate surface area is 105 Å². The molecular weight excluding hydrogens is 247 g/mol. The number of nitrogens with zero attached hydrogens (tertiary/aromatic N) is 4. The van der Waals surface area contributed by atoms with Crippen LogP contribution in [0.25, 0.3) is 11.2 Å². The minimum Gasteiger partial charge on any atom is -0.325 e. The van der Waals surface area contributed by atoms with Crippen molar-refractivity contribution in [3.05, 3.63) is 16.3 Å². The number of fused-ring (bicyclic) bond motifs is 1. The molecule has 88 valence electrons. The number of aryl methyl sites for hydroxylation is 2. The van der Waals surface area contributed by atoms with Crippen molar-refractivity contribution in [2.45, 2.75) is 34.2 Å². The van der Waals surface area contributed by atoms with E-state index in [4.69, 9.17) is 23.2 Å². The van der Waals surface area contributed by atoms with Gasteiger partial charge in [-0.2, -0.15) is 4.98 Å². The normalized spacial score (nSPS) is 10.1. The van der Waals surface area contributed by atoms with E-state index in [0.29, 0.717) is 10.8 Å². The first-order valence-corrected chi connectivity index (χ1v) is 5.95. The van der Waals surface area contributed by atoms with Gasteiger partial charge in [-0.15, -0.1) is 0 Å². The second kappa shape index (κ2) is 5.46. The van der Waals surface area contributed by atoms with Crippen molar-refractivity contribution in [1.29, 1.82) is 0 Å². The molecule has 0 fully saturated rings. The molecule has 2 aromatic heterocycles. The molecule has 0 saturated carbocycles. The predicted molar refractivity (Wildman–Crippen MR) is 67.1 cm³/mol. The molecule has 0 spiro atoms.